The van der Waals surface area contributed by atoms with Crippen LogP contribution in [0.5, 0.6) is 0 Å². The molecular weight excluding hydrogens is 346 g/mol. The number of hydrogen-bond acceptors (Lipinski definition) is 5. The van der Waals surface area contributed by atoms with Crippen LogP contribution in [0.25, 0.3) is 10.2 Å². The van der Waals surface area contributed by atoms with Gasteiger partial charge in [-0.25, -0.2) is 13.4 Å². The number of fused-ring (bicyclic) bond motifs is 1. The van der Waals surface area contributed by atoms with Crippen LogP contribution in [0.2, 0.25) is 0 Å². The van der Waals surface area contributed by atoms with Gasteiger partial charge in [-0.15, -0.1) is 0 Å². The van der Waals surface area contributed by atoms with Crippen LogP contribution in [-0.4, -0.2) is 42.5 Å². The van der Waals surface area contributed by atoms with Crippen molar-refractivity contribution in [2.75, 3.05) is 18.1 Å². The van der Waals surface area contributed by atoms with Gasteiger partial charge < -0.3 is 5.32 Å². The number of thiazole rings is 1. The minimum atomic E-state index is -3.39. The second-order valence-electron chi connectivity index (χ2n) is 6.01. The molecule has 1 aliphatic heterocycles. The molecule has 6 nitrogen and oxygen atoms in total. The first-order chi connectivity index (χ1) is 11.4. The number of aryl methyl sites for hydroxylation is 1. The largest absolute Gasteiger partial charge is 0.301 e. The summed E-state index contributed by atoms with van der Waals surface area (Å²) >= 11 is 1.42. The van der Waals surface area contributed by atoms with Crippen LogP contribution in [-0.2, 0) is 21.2 Å². The molecule has 0 aliphatic carbocycles. The molecule has 3 rings (SSSR count). The van der Waals surface area contributed by atoms with Crippen molar-refractivity contribution in [1.82, 2.24) is 9.29 Å². The monoisotopic (exact) mass is 367 g/mol. The standard InChI is InChI=1S/C16H21N3O3S2/c1-3-11-7-6-9-13-14(11)17-16(23-13)18-15(20)12-8-4-5-10-19(12)24(2,21)22/h6-7,9,12H,3-5,8,10H2,1-2H3,(H,17,18,20). The Morgan fingerprint density at radius 3 is 2.92 bits per heavy atom. The molecule has 1 N–H and O–H groups in total. The van der Waals surface area contributed by atoms with E-state index in [1.54, 1.807) is 0 Å². The number of para-hydroxylation sites is 1. The van der Waals surface area contributed by atoms with Gasteiger partial charge in [-0.1, -0.05) is 36.8 Å². The van der Waals surface area contributed by atoms with E-state index in [4.69, 9.17) is 0 Å². The van der Waals surface area contributed by atoms with Gasteiger partial charge in [0.2, 0.25) is 15.9 Å². The summed E-state index contributed by atoms with van der Waals surface area (Å²) in [6.07, 6.45) is 4.22. The fraction of sp³-hybridized carbons (Fsp3) is 0.500. The summed E-state index contributed by atoms with van der Waals surface area (Å²) < 4.78 is 26.1. The van der Waals surface area contributed by atoms with Crippen molar-refractivity contribution in [3.8, 4) is 0 Å². The molecule has 24 heavy (non-hydrogen) atoms. The summed E-state index contributed by atoms with van der Waals surface area (Å²) in [6, 6.07) is 5.34. The quantitative estimate of drug-likeness (QED) is 0.901. The first-order valence-electron chi connectivity index (χ1n) is 8.06. The zero-order valence-corrected chi connectivity index (χ0v) is 15.4. The lowest BCUT2D eigenvalue weighted by Crippen LogP contribution is -2.49. The lowest BCUT2D eigenvalue weighted by Gasteiger charge is -2.32. The molecule has 2 aromatic rings. The number of rotatable bonds is 4. The van der Waals surface area contributed by atoms with Crippen molar-refractivity contribution >= 4 is 42.6 Å². The molecule has 0 saturated carbocycles. The van der Waals surface area contributed by atoms with Gasteiger partial charge in [-0.05, 0) is 30.9 Å². The van der Waals surface area contributed by atoms with E-state index < -0.39 is 16.1 Å². The highest BCUT2D eigenvalue weighted by molar-refractivity contribution is 7.88. The number of carbonyl (C=O) groups is 1. The summed E-state index contributed by atoms with van der Waals surface area (Å²) in [4.78, 5) is 17.1. The average molecular weight is 367 g/mol. The molecule has 0 radical (unpaired) electrons. The summed E-state index contributed by atoms with van der Waals surface area (Å²) in [5.74, 6) is -0.294. The fourth-order valence-electron chi connectivity index (χ4n) is 3.10. The minimum Gasteiger partial charge on any atom is -0.301 e. The van der Waals surface area contributed by atoms with E-state index in [1.165, 1.54) is 15.6 Å². The van der Waals surface area contributed by atoms with Gasteiger partial charge in [0, 0.05) is 6.54 Å². The number of benzene rings is 1. The molecule has 1 aromatic heterocycles. The topological polar surface area (TPSA) is 79.4 Å². The van der Waals surface area contributed by atoms with Crippen molar-refractivity contribution in [3.05, 3.63) is 23.8 Å². The second kappa shape index (κ2) is 6.78. The average Bonchev–Trinajstić information content (AvgIpc) is 2.96. The van der Waals surface area contributed by atoms with E-state index in [0.717, 1.165) is 41.3 Å². The first-order valence-corrected chi connectivity index (χ1v) is 10.7. The third-order valence-corrected chi connectivity index (χ3v) is 6.52. The third kappa shape index (κ3) is 3.45. The van der Waals surface area contributed by atoms with E-state index >= 15 is 0 Å². The smallest absolute Gasteiger partial charge is 0.244 e. The summed E-state index contributed by atoms with van der Waals surface area (Å²) in [7, 11) is -3.39. The van der Waals surface area contributed by atoms with Gasteiger partial charge in [0.15, 0.2) is 5.13 Å². The molecule has 2 heterocycles. The number of anilines is 1. The minimum absolute atomic E-state index is 0.294. The highest BCUT2D eigenvalue weighted by Gasteiger charge is 2.34. The van der Waals surface area contributed by atoms with E-state index in [0.29, 0.717) is 18.1 Å². The Kier molecular flexibility index (Phi) is 4.89. The lowest BCUT2D eigenvalue weighted by atomic mass is 10.0. The number of nitrogens with zero attached hydrogens (tertiary/aromatic N) is 2. The number of sulfonamides is 1. The van der Waals surface area contributed by atoms with Crippen LogP contribution in [0.3, 0.4) is 0 Å². The van der Waals surface area contributed by atoms with Crippen LogP contribution in [0, 0.1) is 0 Å². The number of amides is 1. The third-order valence-electron chi connectivity index (χ3n) is 4.30. The van der Waals surface area contributed by atoms with E-state index in [2.05, 4.69) is 17.2 Å². The molecule has 1 saturated heterocycles. The molecule has 130 valence electrons. The number of piperidine rings is 1. The fourth-order valence-corrected chi connectivity index (χ4v) is 5.14. The summed E-state index contributed by atoms with van der Waals surface area (Å²) in [5.41, 5.74) is 2.04. The molecular formula is C16H21N3O3S2. The van der Waals surface area contributed by atoms with Crippen LogP contribution in [0.15, 0.2) is 18.2 Å². The summed E-state index contributed by atoms with van der Waals surface area (Å²) in [6.45, 7) is 2.47. The van der Waals surface area contributed by atoms with Gasteiger partial charge in [0.25, 0.3) is 0 Å². The Morgan fingerprint density at radius 1 is 1.42 bits per heavy atom. The van der Waals surface area contributed by atoms with Crippen LogP contribution >= 0.6 is 11.3 Å². The Labute approximate surface area is 145 Å². The number of aromatic nitrogens is 1. The molecule has 1 amide bonds. The predicted molar refractivity (Wildman–Crippen MR) is 96.8 cm³/mol. The Balaban J connectivity index is 1.83. The van der Waals surface area contributed by atoms with E-state index in [9.17, 15) is 13.2 Å². The molecule has 0 spiro atoms. The number of hydrogen-bond donors (Lipinski definition) is 1. The normalized spacial score (nSPS) is 19.5. The molecule has 1 fully saturated rings. The first kappa shape index (κ1) is 17.3. The SMILES string of the molecule is CCc1cccc2sc(NC(=O)C3CCCCN3S(C)(=O)=O)nc12. The van der Waals surface area contributed by atoms with Crippen molar-refractivity contribution in [1.29, 1.82) is 0 Å². The van der Waals surface area contributed by atoms with Crippen molar-refractivity contribution in [3.63, 3.8) is 0 Å². The van der Waals surface area contributed by atoms with E-state index in [-0.39, 0.29) is 5.91 Å². The van der Waals surface area contributed by atoms with Crippen LogP contribution < -0.4 is 5.32 Å². The Bertz CT molecular complexity index is 861. The van der Waals surface area contributed by atoms with Crippen LogP contribution in [0.4, 0.5) is 5.13 Å². The van der Waals surface area contributed by atoms with Crippen LogP contribution in [0.1, 0.15) is 31.7 Å². The zero-order chi connectivity index (χ0) is 17.3. The Hall–Kier alpha value is -1.51. The molecule has 1 aromatic carbocycles. The van der Waals surface area contributed by atoms with Crippen molar-refractivity contribution in [2.24, 2.45) is 0 Å². The molecule has 1 unspecified atom stereocenters. The Morgan fingerprint density at radius 2 is 2.21 bits per heavy atom. The summed E-state index contributed by atoms with van der Waals surface area (Å²) in [5, 5.41) is 3.34. The highest BCUT2D eigenvalue weighted by atomic mass is 32.2. The van der Waals surface area contributed by atoms with Gasteiger partial charge in [0.1, 0.15) is 6.04 Å². The molecule has 0 bridgehead atoms. The van der Waals surface area contributed by atoms with Crippen molar-refractivity contribution in [2.45, 2.75) is 38.6 Å². The number of carbonyl (C=O) groups excluding carboxylic acids is 1. The maximum Gasteiger partial charge on any atom is 0.244 e. The van der Waals surface area contributed by atoms with Gasteiger partial charge in [-0.3, -0.25) is 4.79 Å². The number of nitrogens with one attached hydrogen (secondary N) is 1. The lowest BCUT2D eigenvalue weighted by molar-refractivity contribution is -0.120. The molecule has 1 atom stereocenters. The zero-order valence-electron chi connectivity index (χ0n) is 13.8. The van der Waals surface area contributed by atoms with Gasteiger partial charge in [0.05, 0.1) is 16.5 Å². The predicted octanol–water partition coefficient (Wildman–Crippen LogP) is 2.61. The van der Waals surface area contributed by atoms with E-state index in [1.807, 2.05) is 18.2 Å². The molecule has 8 heteroatoms. The van der Waals surface area contributed by atoms with Gasteiger partial charge >= 0.3 is 0 Å². The molecule has 1 aliphatic rings. The van der Waals surface area contributed by atoms with Crippen molar-refractivity contribution < 1.29 is 13.2 Å². The maximum absolute atomic E-state index is 12.6. The van der Waals surface area contributed by atoms with Gasteiger partial charge in [-0.2, -0.15) is 4.31 Å². The second-order valence-corrected chi connectivity index (χ2v) is 8.98. The highest BCUT2D eigenvalue weighted by Crippen LogP contribution is 2.29. The maximum atomic E-state index is 12.6.